The summed E-state index contributed by atoms with van der Waals surface area (Å²) in [6.45, 7) is 6.14. The lowest BCUT2D eigenvalue weighted by Crippen LogP contribution is -2.40. The molecule has 0 saturated heterocycles. The average molecular weight is 238 g/mol. The summed E-state index contributed by atoms with van der Waals surface area (Å²) in [4.78, 5) is 24.8. The van der Waals surface area contributed by atoms with Crippen LogP contribution in [0.5, 0.6) is 0 Å². The van der Waals surface area contributed by atoms with Crippen molar-refractivity contribution in [1.82, 2.24) is 10.2 Å². The smallest absolute Gasteiger partial charge is 0.222 e. The van der Waals surface area contributed by atoms with E-state index in [-0.39, 0.29) is 11.8 Å². The van der Waals surface area contributed by atoms with Gasteiger partial charge >= 0.3 is 0 Å². The van der Waals surface area contributed by atoms with Crippen LogP contribution in [0.3, 0.4) is 0 Å². The third kappa shape index (κ3) is 4.59. The zero-order valence-electron chi connectivity index (χ0n) is 10.6. The summed E-state index contributed by atoms with van der Waals surface area (Å²) in [6.07, 6.45) is 6.57. The highest BCUT2D eigenvalue weighted by Gasteiger charge is 2.24. The van der Waals surface area contributed by atoms with Crippen molar-refractivity contribution in [1.29, 1.82) is 0 Å². The van der Waals surface area contributed by atoms with Crippen LogP contribution in [-0.2, 0) is 9.59 Å². The van der Waals surface area contributed by atoms with Gasteiger partial charge in [0.05, 0.1) is 0 Å². The molecule has 96 valence electrons. The van der Waals surface area contributed by atoms with Gasteiger partial charge in [0, 0.05) is 32.5 Å². The van der Waals surface area contributed by atoms with E-state index in [1.165, 1.54) is 12.8 Å². The SMILES string of the molecule is C=CCNC(=O)CCN(C(C)=O)C1CCCC1. The van der Waals surface area contributed by atoms with Gasteiger partial charge in [-0.15, -0.1) is 6.58 Å². The monoisotopic (exact) mass is 238 g/mol. The minimum atomic E-state index is -0.0193. The van der Waals surface area contributed by atoms with Crippen LogP contribution in [0.1, 0.15) is 39.0 Å². The third-order valence-electron chi connectivity index (χ3n) is 3.19. The van der Waals surface area contributed by atoms with E-state index in [0.29, 0.717) is 25.6 Å². The van der Waals surface area contributed by atoms with Gasteiger partial charge in [-0.2, -0.15) is 0 Å². The number of nitrogens with one attached hydrogen (secondary N) is 1. The number of rotatable bonds is 6. The Hall–Kier alpha value is -1.32. The van der Waals surface area contributed by atoms with E-state index < -0.39 is 0 Å². The van der Waals surface area contributed by atoms with Crippen molar-refractivity contribution in [3.8, 4) is 0 Å². The maximum Gasteiger partial charge on any atom is 0.222 e. The lowest BCUT2D eigenvalue weighted by atomic mass is 10.2. The van der Waals surface area contributed by atoms with Gasteiger partial charge < -0.3 is 10.2 Å². The number of carbonyl (C=O) groups excluding carboxylic acids is 2. The Balaban J connectivity index is 2.36. The average Bonchev–Trinajstić information content (AvgIpc) is 2.79. The Labute approximate surface area is 103 Å². The van der Waals surface area contributed by atoms with Crippen LogP contribution in [-0.4, -0.2) is 35.8 Å². The summed E-state index contributed by atoms with van der Waals surface area (Å²) < 4.78 is 0. The number of amides is 2. The molecule has 0 aromatic rings. The number of nitrogens with zero attached hydrogens (tertiary/aromatic N) is 1. The van der Waals surface area contributed by atoms with Crippen LogP contribution >= 0.6 is 0 Å². The molecule has 1 saturated carbocycles. The fourth-order valence-electron chi connectivity index (χ4n) is 2.31. The van der Waals surface area contributed by atoms with Gasteiger partial charge in [0.25, 0.3) is 0 Å². The standard InChI is InChI=1S/C13H22N2O2/c1-3-9-14-13(17)8-10-15(11(2)16)12-6-4-5-7-12/h3,12H,1,4-10H2,2H3,(H,14,17). The first-order valence-electron chi connectivity index (χ1n) is 6.30. The van der Waals surface area contributed by atoms with E-state index in [1.807, 2.05) is 4.90 Å². The Kier molecular flexibility index (Phi) is 5.73. The van der Waals surface area contributed by atoms with Crippen molar-refractivity contribution in [2.45, 2.75) is 45.1 Å². The van der Waals surface area contributed by atoms with Crippen molar-refractivity contribution in [3.63, 3.8) is 0 Å². The van der Waals surface area contributed by atoms with Crippen LogP contribution in [0, 0.1) is 0 Å². The molecule has 2 amide bonds. The molecule has 4 nitrogen and oxygen atoms in total. The maximum absolute atomic E-state index is 11.5. The number of carbonyl (C=O) groups is 2. The van der Waals surface area contributed by atoms with E-state index in [0.717, 1.165) is 12.8 Å². The Morgan fingerprint density at radius 2 is 2.06 bits per heavy atom. The lowest BCUT2D eigenvalue weighted by Gasteiger charge is -2.27. The van der Waals surface area contributed by atoms with Crippen LogP contribution < -0.4 is 5.32 Å². The first-order valence-corrected chi connectivity index (χ1v) is 6.30. The van der Waals surface area contributed by atoms with Crippen molar-refractivity contribution in [2.75, 3.05) is 13.1 Å². The molecule has 0 aromatic carbocycles. The van der Waals surface area contributed by atoms with Gasteiger partial charge in [0.15, 0.2) is 0 Å². The van der Waals surface area contributed by atoms with Crippen LogP contribution in [0.4, 0.5) is 0 Å². The lowest BCUT2D eigenvalue weighted by molar-refractivity contribution is -0.131. The summed E-state index contributed by atoms with van der Waals surface area (Å²) in [6, 6.07) is 0.347. The zero-order valence-corrected chi connectivity index (χ0v) is 10.6. The van der Waals surface area contributed by atoms with E-state index in [9.17, 15) is 9.59 Å². The summed E-state index contributed by atoms with van der Waals surface area (Å²) in [5, 5.41) is 2.72. The Bertz CT molecular complexity index is 283. The molecule has 0 atom stereocenters. The van der Waals surface area contributed by atoms with Gasteiger partial charge in [-0.05, 0) is 12.8 Å². The first-order chi connectivity index (χ1) is 8.15. The molecule has 0 aliphatic heterocycles. The summed E-state index contributed by atoms with van der Waals surface area (Å²) in [5.41, 5.74) is 0. The van der Waals surface area contributed by atoms with Crippen molar-refractivity contribution < 1.29 is 9.59 Å². The van der Waals surface area contributed by atoms with E-state index in [1.54, 1.807) is 13.0 Å². The second-order valence-corrected chi connectivity index (χ2v) is 4.49. The molecule has 17 heavy (non-hydrogen) atoms. The number of hydrogen-bond acceptors (Lipinski definition) is 2. The Morgan fingerprint density at radius 3 is 2.59 bits per heavy atom. The summed E-state index contributed by atoms with van der Waals surface area (Å²) in [5.74, 6) is 0.0579. The molecule has 0 unspecified atom stereocenters. The molecule has 1 aliphatic carbocycles. The fourth-order valence-corrected chi connectivity index (χ4v) is 2.31. The van der Waals surface area contributed by atoms with Crippen molar-refractivity contribution in [2.24, 2.45) is 0 Å². The summed E-state index contributed by atoms with van der Waals surface area (Å²) >= 11 is 0. The molecule has 1 N–H and O–H groups in total. The molecule has 1 rings (SSSR count). The van der Waals surface area contributed by atoms with Crippen LogP contribution in [0.25, 0.3) is 0 Å². The molecule has 0 bridgehead atoms. The van der Waals surface area contributed by atoms with Crippen LogP contribution in [0.2, 0.25) is 0 Å². The second-order valence-electron chi connectivity index (χ2n) is 4.49. The first kappa shape index (κ1) is 13.7. The fraction of sp³-hybridized carbons (Fsp3) is 0.692. The number of hydrogen-bond donors (Lipinski definition) is 1. The second kappa shape index (κ2) is 7.09. The zero-order chi connectivity index (χ0) is 12.7. The van der Waals surface area contributed by atoms with Crippen molar-refractivity contribution >= 4 is 11.8 Å². The third-order valence-corrected chi connectivity index (χ3v) is 3.19. The predicted molar refractivity (Wildman–Crippen MR) is 67.5 cm³/mol. The highest BCUT2D eigenvalue weighted by Crippen LogP contribution is 2.23. The molecule has 0 aromatic heterocycles. The van der Waals surface area contributed by atoms with Gasteiger partial charge in [-0.25, -0.2) is 0 Å². The van der Waals surface area contributed by atoms with Gasteiger partial charge in [-0.3, -0.25) is 9.59 Å². The van der Waals surface area contributed by atoms with E-state index in [4.69, 9.17) is 0 Å². The quantitative estimate of drug-likeness (QED) is 0.712. The minimum absolute atomic E-state index is 0.0193. The van der Waals surface area contributed by atoms with Gasteiger partial charge in [0.1, 0.15) is 0 Å². The molecule has 0 heterocycles. The minimum Gasteiger partial charge on any atom is -0.353 e. The molecule has 1 fully saturated rings. The van der Waals surface area contributed by atoms with E-state index in [2.05, 4.69) is 11.9 Å². The highest BCUT2D eigenvalue weighted by molar-refractivity contribution is 5.78. The molecule has 0 spiro atoms. The molecular formula is C13H22N2O2. The predicted octanol–water partition coefficient (Wildman–Crippen LogP) is 1.47. The maximum atomic E-state index is 11.5. The largest absolute Gasteiger partial charge is 0.353 e. The van der Waals surface area contributed by atoms with Gasteiger partial charge in [-0.1, -0.05) is 18.9 Å². The van der Waals surface area contributed by atoms with Crippen molar-refractivity contribution in [3.05, 3.63) is 12.7 Å². The Morgan fingerprint density at radius 1 is 1.41 bits per heavy atom. The van der Waals surface area contributed by atoms with Gasteiger partial charge in [0.2, 0.25) is 11.8 Å². The van der Waals surface area contributed by atoms with Crippen LogP contribution in [0.15, 0.2) is 12.7 Å². The summed E-state index contributed by atoms with van der Waals surface area (Å²) in [7, 11) is 0. The normalized spacial score (nSPS) is 15.6. The van der Waals surface area contributed by atoms with E-state index >= 15 is 0 Å². The molecule has 0 radical (unpaired) electrons. The topological polar surface area (TPSA) is 49.4 Å². The molecule has 1 aliphatic rings. The molecular weight excluding hydrogens is 216 g/mol. The highest BCUT2D eigenvalue weighted by atomic mass is 16.2. The molecule has 4 heteroatoms.